The fourth-order valence-corrected chi connectivity index (χ4v) is 3.77. The van der Waals surface area contributed by atoms with Crippen molar-refractivity contribution in [3.8, 4) is 0 Å². The first kappa shape index (κ1) is 13.6. The van der Waals surface area contributed by atoms with E-state index in [2.05, 4.69) is 18.4 Å². The standard InChI is InChI=1S/C14H22N2OS/c1-11-5-8-18-12(11)9-16(2)13(17)14(10-15)6-3-4-7-14/h5,8H,3-4,6-7,9-10,15H2,1-2H3. The first-order chi connectivity index (χ1) is 8.59. The van der Waals surface area contributed by atoms with Crippen molar-refractivity contribution in [2.75, 3.05) is 13.6 Å². The highest BCUT2D eigenvalue weighted by Gasteiger charge is 2.41. The molecule has 18 heavy (non-hydrogen) atoms. The second-order valence-electron chi connectivity index (χ2n) is 5.38. The van der Waals surface area contributed by atoms with Crippen LogP contribution in [0, 0.1) is 12.3 Å². The first-order valence-corrected chi connectivity index (χ1v) is 7.46. The van der Waals surface area contributed by atoms with E-state index in [1.165, 1.54) is 10.4 Å². The smallest absolute Gasteiger partial charge is 0.230 e. The molecule has 1 heterocycles. The predicted octanol–water partition coefficient (Wildman–Crippen LogP) is 2.53. The molecule has 1 aromatic heterocycles. The Bertz CT molecular complexity index is 421. The summed E-state index contributed by atoms with van der Waals surface area (Å²) in [5, 5.41) is 2.08. The first-order valence-electron chi connectivity index (χ1n) is 6.58. The number of thiophene rings is 1. The Hall–Kier alpha value is -0.870. The summed E-state index contributed by atoms with van der Waals surface area (Å²) in [7, 11) is 1.90. The molecular formula is C14H22N2OS. The molecule has 0 bridgehead atoms. The molecule has 2 rings (SSSR count). The maximum absolute atomic E-state index is 12.6. The Labute approximate surface area is 113 Å². The van der Waals surface area contributed by atoms with E-state index < -0.39 is 0 Å². The molecule has 2 N–H and O–H groups in total. The molecule has 0 saturated heterocycles. The molecule has 4 heteroatoms. The lowest BCUT2D eigenvalue weighted by Crippen LogP contribution is -2.44. The number of aryl methyl sites for hydroxylation is 1. The highest BCUT2D eigenvalue weighted by molar-refractivity contribution is 7.10. The summed E-state index contributed by atoms with van der Waals surface area (Å²) in [5.41, 5.74) is 6.86. The van der Waals surface area contributed by atoms with Gasteiger partial charge in [0.25, 0.3) is 0 Å². The molecule has 0 atom stereocenters. The van der Waals surface area contributed by atoms with Crippen LogP contribution in [0.1, 0.15) is 36.1 Å². The van der Waals surface area contributed by atoms with Gasteiger partial charge in [-0.3, -0.25) is 4.79 Å². The zero-order valence-electron chi connectivity index (χ0n) is 11.2. The fourth-order valence-electron chi connectivity index (χ4n) is 2.82. The van der Waals surface area contributed by atoms with E-state index in [1.54, 1.807) is 11.3 Å². The van der Waals surface area contributed by atoms with Crippen molar-refractivity contribution in [2.24, 2.45) is 11.1 Å². The molecule has 1 fully saturated rings. The number of nitrogens with zero attached hydrogens (tertiary/aromatic N) is 1. The van der Waals surface area contributed by atoms with Gasteiger partial charge >= 0.3 is 0 Å². The number of rotatable bonds is 4. The average molecular weight is 266 g/mol. The van der Waals surface area contributed by atoms with Crippen LogP contribution in [0.3, 0.4) is 0 Å². The van der Waals surface area contributed by atoms with E-state index >= 15 is 0 Å². The molecule has 1 saturated carbocycles. The minimum absolute atomic E-state index is 0.232. The van der Waals surface area contributed by atoms with Gasteiger partial charge in [0.05, 0.1) is 12.0 Å². The normalized spacial score (nSPS) is 17.9. The number of carbonyl (C=O) groups excluding carboxylic acids is 1. The van der Waals surface area contributed by atoms with Crippen LogP contribution >= 0.6 is 11.3 Å². The predicted molar refractivity (Wildman–Crippen MR) is 75.5 cm³/mol. The van der Waals surface area contributed by atoms with Gasteiger partial charge in [0.2, 0.25) is 5.91 Å². The van der Waals surface area contributed by atoms with Gasteiger partial charge in [0.1, 0.15) is 0 Å². The minimum Gasteiger partial charge on any atom is -0.340 e. The molecule has 0 spiro atoms. The summed E-state index contributed by atoms with van der Waals surface area (Å²) in [6.07, 6.45) is 4.18. The van der Waals surface area contributed by atoms with Gasteiger partial charge in [-0.05, 0) is 36.8 Å². The minimum atomic E-state index is -0.278. The molecule has 100 valence electrons. The van der Waals surface area contributed by atoms with Crippen LogP contribution in [0.5, 0.6) is 0 Å². The average Bonchev–Trinajstić information content (AvgIpc) is 2.99. The maximum Gasteiger partial charge on any atom is 0.230 e. The summed E-state index contributed by atoms with van der Waals surface area (Å²) in [6.45, 7) is 3.29. The lowest BCUT2D eigenvalue weighted by atomic mass is 9.85. The SMILES string of the molecule is Cc1ccsc1CN(C)C(=O)C1(CN)CCCC1. The third kappa shape index (κ3) is 2.45. The number of hydrogen-bond donors (Lipinski definition) is 1. The van der Waals surface area contributed by atoms with Crippen molar-refractivity contribution in [3.05, 3.63) is 21.9 Å². The van der Waals surface area contributed by atoms with E-state index in [1.807, 2.05) is 11.9 Å². The van der Waals surface area contributed by atoms with E-state index in [9.17, 15) is 4.79 Å². The third-order valence-corrected chi connectivity index (χ3v) is 5.11. The molecular weight excluding hydrogens is 244 g/mol. The van der Waals surface area contributed by atoms with Gasteiger partial charge in [-0.1, -0.05) is 12.8 Å². The molecule has 1 aromatic rings. The maximum atomic E-state index is 12.6. The van der Waals surface area contributed by atoms with E-state index in [0.29, 0.717) is 13.1 Å². The van der Waals surface area contributed by atoms with Crippen LogP contribution in [0.25, 0.3) is 0 Å². The van der Waals surface area contributed by atoms with Crippen LogP contribution in [-0.2, 0) is 11.3 Å². The van der Waals surface area contributed by atoms with Gasteiger partial charge in [-0.25, -0.2) is 0 Å². The van der Waals surface area contributed by atoms with Crippen molar-refractivity contribution in [2.45, 2.75) is 39.2 Å². The Kier molecular flexibility index (Phi) is 4.07. The van der Waals surface area contributed by atoms with E-state index in [-0.39, 0.29) is 11.3 Å². The second kappa shape index (κ2) is 5.41. The summed E-state index contributed by atoms with van der Waals surface area (Å²) >= 11 is 1.72. The third-order valence-electron chi connectivity index (χ3n) is 4.10. The summed E-state index contributed by atoms with van der Waals surface area (Å²) in [6, 6.07) is 2.10. The molecule has 1 aliphatic rings. The topological polar surface area (TPSA) is 46.3 Å². The van der Waals surface area contributed by atoms with Gasteiger partial charge in [0, 0.05) is 18.5 Å². The Balaban J connectivity index is 2.06. The van der Waals surface area contributed by atoms with Crippen LogP contribution in [0.2, 0.25) is 0 Å². The summed E-state index contributed by atoms with van der Waals surface area (Å²) in [5.74, 6) is 0.232. The number of amides is 1. The largest absolute Gasteiger partial charge is 0.340 e. The second-order valence-corrected chi connectivity index (χ2v) is 6.38. The van der Waals surface area contributed by atoms with Crippen molar-refractivity contribution in [1.29, 1.82) is 0 Å². The summed E-state index contributed by atoms with van der Waals surface area (Å²) in [4.78, 5) is 15.7. The van der Waals surface area contributed by atoms with Crippen molar-refractivity contribution < 1.29 is 4.79 Å². The number of nitrogens with two attached hydrogens (primary N) is 1. The Morgan fingerprint density at radius 2 is 2.17 bits per heavy atom. The van der Waals surface area contributed by atoms with Crippen LogP contribution in [-0.4, -0.2) is 24.4 Å². The molecule has 0 unspecified atom stereocenters. The number of hydrogen-bond acceptors (Lipinski definition) is 3. The lowest BCUT2D eigenvalue weighted by Gasteiger charge is -2.31. The van der Waals surface area contributed by atoms with Gasteiger partial charge in [0.15, 0.2) is 0 Å². The molecule has 0 radical (unpaired) electrons. The van der Waals surface area contributed by atoms with E-state index in [4.69, 9.17) is 5.73 Å². The van der Waals surface area contributed by atoms with Gasteiger partial charge in [-0.2, -0.15) is 0 Å². The van der Waals surface area contributed by atoms with Crippen molar-refractivity contribution in [1.82, 2.24) is 4.90 Å². The van der Waals surface area contributed by atoms with Crippen LogP contribution in [0.4, 0.5) is 0 Å². The van der Waals surface area contributed by atoms with Crippen molar-refractivity contribution >= 4 is 17.2 Å². The number of carbonyl (C=O) groups is 1. The Morgan fingerprint density at radius 3 is 2.67 bits per heavy atom. The highest BCUT2D eigenvalue weighted by atomic mass is 32.1. The van der Waals surface area contributed by atoms with E-state index in [0.717, 1.165) is 25.7 Å². The zero-order chi connectivity index (χ0) is 13.2. The Morgan fingerprint density at radius 1 is 1.50 bits per heavy atom. The molecule has 1 amide bonds. The van der Waals surface area contributed by atoms with Gasteiger partial charge in [-0.15, -0.1) is 11.3 Å². The molecule has 0 aromatic carbocycles. The lowest BCUT2D eigenvalue weighted by molar-refractivity contribution is -0.140. The molecule has 1 aliphatic carbocycles. The zero-order valence-corrected chi connectivity index (χ0v) is 12.1. The molecule has 0 aliphatic heterocycles. The monoisotopic (exact) mass is 266 g/mol. The summed E-state index contributed by atoms with van der Waals surface area (Å²) < 4.78 is 0. The molecule has 3 nitrogen and oxygen atoms in total. The fraction of sp³-hybridized carbons (Fsp3) is 0.643. The van der Waals surface area contributed by atoms with Crippen LogP contribution < -0.4 is 5.73 Å². The van der Waals surface area contributed by atoms with Crippen LogP contribution in [0.15, 0.2) is 11.4 Å². The quantitative estimate of drug-likeness (QED) is 0.910. The van der Waals surface area contributed by atoms with Gasteiger partial charge < -0.3 is 10.6 Å². The highest BCUT2D eigenvalue weighted by Crippen LogP contribution is 2.39. The van der Waals surface area contributed by atoms with Crippen molar-refractivity contribution in [3.63, 3.8) is 0 Å².